The first-order valence-corrected chi connectivity index (χ1v) is 3.09. The zero-order chi connectivity index (χ0) is 8.15. The molecule has 1 atom stereocenters. The zero-order valence-electron chi connectivity index (χ0n) is 5.63. The van der Waals surface area contributed by atoms with Crippen LogP contribution in [0.5, 0.6) is 0 Å². The minimum absolute atomic E-state index is 0.0784. The summed E-state index contributed by atoms with van der Waals surface area (Å²) < 4.78 is 4.73. The molecular weight excluding hydrogens is 156 g/mol. The molecule has 0 aliphatic heterocycles. The molecule has 10 heavy (non-hydrogen) atoms. The molecule has 0 aromatic heterocycles. The fourth-order valence-corrected chi connectivity index (χ4v) is 0.350. The summed E-state index contributed by atoms with van der Waals surface area (Å²) in [7, 11) is 0. The van der Waals surface area contributed by atoms with E-state index in [4.69, 9.17) is 21.4 Å². The fraction of sp³-hybridized carbons (Fsp3) is 0.500. The van der Waals surface area contributed by atoms with Crippen LogP contribution >= 0.6 is 11.6 Å². The van der Waals surface area contributed by atoms with E-state index in [2.05, 4.69) is 6.58 Å². The van der Waals surface area contributed by atoms with E-state index in [0.717, 1.165) is 0 Å². The number of carbonyl (C=O) groups is 1. The predicted molar refractivity (Wildman–Crippen MR) is 38.0 cm³/mol. The van der Waals surface area contributed by atoms with Gasteiger partial charge in [0, 0.05) is 5.03 Å². The van der Waals surface area contributed by atoms with Crippen LogP contribution < -0.4 is 0 Å². The van der Waals surface area contributed by atoms with Gasteiger partial charge in [-0.2, -0.15) is 0 Å². The summed E-state index contributed by atoms with van der Waals surface area (Å²) in [6, 6.07) is 0. The molecule has 0 spiro atoms. The number of hydrogen-bond acceptors (Lipinski definition) is 2. The van der Waals surface area contributed by atoms with E-state index >= 15 is 0 Å². The Morgan fingerprint density at radius 1 is 1.90 bits per heavy atom. The molecule has 1 N–H and O–H groups in total. The second-order valence-corrected chi connectivity index (χ2v) is 2.34. The summed E-state index contributed by atoms with van der Waals surface area (Å²) in [4.78, 5) is 10.1. The van der Waals surface area contributed by atoms with E-state index in [1.807, 2.05) is 0 Å². The van der Waals surface area contributed by atoms with Crippen molar-refractivity contribution < 1.29 is 14.6 Å². The average Bonchev–Trinajstić information content (AvgIpc) is 1.82. The minimum Gasteiger partial charge on any atom is -0.479 e. The van der Waals surface area contributed by atoms with Crippen LogP contribution in [-0.2, 0) is 9.53 Å². The van der Waals surface area contributed by atoms with Gasteiger partial charge in [-0.1, -0.05) is 18.2 Å². The van der Waals surface area contributed by atoms with Gasteiger partial charge in [-0.3, -0.25) is 0 Å². The normalized spacial score (nSPS) is 12.6. The molecule has 0 heterocycles. The first-order chi connectivity index (χ1) is 4.54. The SMILES string of the molecule is C=C(Cl)CO[C@@H](C)C(=O)O. The average molecular weight is 165 g/mol. The van der Waals surface area contributed by atoms with Crippen LogP contribution in [0.25, 0.3) is 0 Å². The third-order valence-corrected chi connectivity index (χ3v) is 0.947. The first kappa shape index (κ1) is 9.46. The predicted octanol–water partition coefficient (Wildman–Crippen LogP) is 1.23. The van der Waals surface area contributed by atoms with Gasteiger partial charge in [0.15, 0.2) is 6.10 Å². The Balaban J connectivity index is 3.49. The Morgan fingerprint density at radius 3 is 2.70 bits per heavy atom. The van der Waals surface area contributed by atoms with Crippen LogP contribution in [0.3, 0.4) is 0 Å². The van der Waals surface area contributed by atoms with Crippen LogP contribution in [0, 0.1) is 0 Å². The molecule has 0 saturated carbocycles. The molecule has 3 nitrogen and oxygen atoms in total. The molecule has 0 fully saturated rings. The smallest absolute Gasteiger partial charge is 0.332 e. The molecule has 0 aromatic rings. The quantitative estimate of drug-likeness (QED) is 0.680. The lowest BCUT2D eigenvalue weighted by Gasteiger charge is -2.05. The third kappa shape index (κ3) is 4.35. The Labute approximate surface area is 64.2 Å². The summed E-state index contributed by atoms with van der Waals surface area (Å²) in [5, 5.41) is 8.60. The molecule has 0 aromatic carbocycles. The summed E-state index contributed by atoms with van der Waals surface area (Å²) in [6.45, 7) is 4.85. The molecule has 58 valence electrons. The van der Waals surface area contributed by atoms with Gasteiger partial charge in [-0.05, 0) is 6.92 Å². The van der Waals surface area contributed by atoms with Crippen molar-refractivity contribution in [3.8, 4) is 0 Å². The van der Waals surface area contributed by atoms with Gasteiger partial charge in [0.05, 0.1) is 6.61 Å². The highest BCUT2D eigenvalue weighted by atomic mass is 35.5. The number of halogens is 1. The molecule has 4 heteroatoms. The lowest BCUT2D eigenvalue weighted by Crippen LogP contribution is -2.20. The van der Waals surface area contributed by atoms with Crippen molar-refractivity contribution >= 4 is 17.6 Å². The Morgan fingerprint density at radius 2 is 2.40 bits per heavy atom. The monoisotopic (exact) mass is 164 g/mol. The van der Waals surface area contributed by atoms with Gasteiger partial charge in [0.2, 0.25) is 0 Å². The highest BCUT2D eigenvalue weighted by Crippen LogP contribution is 1.99. The van der Waals surface area contributed by atoms with Crippen LogP contribution in [0.2, 0.25) is 0 Å². The van der Waals surface area contributed by atoms with Gasteiger partial charge in [-0.15, -0.1) is 0 Å². The Hall–Kier alpha value is -0.540. The van der Waals surface area contributed by atoms with Crippen molar-refractivity contribution in [1.29, 1.82) is 0 Å². The number of ether oxygens (including phenoxy) is 1. The maximum Gasteiger partial charge on any atom is 0.332 e. The molecule has 0 saturated heterocycles. The topological polar surface area (TPSA) is 46.5 Å². The number of carboxylic acids is 1. The third-order valence-electron chi connectivity index (χ3n) is 0.838. The van der Waals surface area contributed by atoms with Gasteiger partial charge < -0.3 is 9.84 Å². The molecule has 0 amide bonds. The second kappa shape index (κ2) is 4.30. The van der Waals surface area contributed by atoms with Crippen LogP contribution in [0.15, 0.2) is 11.6 Å². The van der Waals surface area contributed by atoms with Crippen molar-refractivity contribution in [2.45, 2.75) is 13.0 Å². The van der Waals surface area contributed by atoms with Gasteiger partial charge in [0.25, 0.3) is 0 Å². The van der Waals surface area contributed by atoms with E-state index in [0.29, 0.717) is 5.03 Å². The van der Waals surface area contributed by atoms with Gasteiger partial charge >= 0.3 is 5.97 Å². The molecule has 0 aliphatic carbocycles. The largest absolute Gasteiger partial charge is 0.479 e. The summed E-state index contributed by atoms with van der Waals surface area (Å²) >= 11 is 5.31. The lowest BCUT2D eigenvalue weighted by molar-refractivity contribution is -0.148. The van der Waals surface area contributed by atoms with Gasteiger partial charge in [-0.25, -0.2) is 4.79 Å². The van der Waals surface area contributed by atoms with Crippen molar-refractivity contribution in [2.24, 2.45) is 0 Å². The summed E-state index contributed by atoms with van der Waals surface area (Å²) in [5.74, 6) is -1.00. The Bertz CT molecular complexity index is 144. The number of rotatable bonds is 4. The van der Waals surface area contributed by atoms with E-state index in [9.17, 15) is 4.79 Å². The molecule has 0 rings (SSSR count). The fourth-order valence-electron chi connectivity index (χ4n) is 0.287. The minimum atomic E-state index is -1.00. The molecule has 0 radical (unpaired) electrons. The molecule has 0 unspecified atom stereocenters. The standard InChI is InChI=1S/C6H9ClO3/c1-4(7)3-10-5(2)6(8)9/h5H,1,3H2,2H3,(H,8,9)/t5-/m0/s1. The van der Waals surface area contributed by atoms with E-state index in [1.54, 1.807) is 0 Å². The molecule has 0 aliphatic rings. The van der Waals surface area contributed by atoms with E-state index < -0.39 is 12.1 Å². The zero-order valence-corrected chi connectivity index (χ0v) is 6.39. The van der Waals surface area contributed by atoms with Crippen LogP contribution in [0.1, 0.15) is 6.92 Å². The maximum absolute atomic E-state index is 10.1. The highest BCUT2D eigenvalue weighted by molar-refractivity contribution is 6.29. The van der Waals surface area contributed by atoms with E-state index in [-0.39, 0.29) is 6.61 Å². The molecular formula is C6H9ClO3. The van der Waals surface area contributed by atoms with E-state index in [1.165, 1.54) is 6.92 Å². The first-order valence-electron chi connectivity index (χ1n) is 2.71. The van der Waals surface area contributed by atoms with Crippen molar-refractivity contribution in [2.75, 3.05) is 6.61 Å². The Kier molecular flexibility index (Phi) is 4.07. The van der Waals surface area contributed by atoms with Crippen LogP contribution in [-0.4, -0.2) is 23.8 Å². The summed E-state index contributed by atoms with van der Waals surface area (Å²) in [6.07, 6.45) is -0.824. The maximum atomic E-state index is 10.1. The lowest BCUT2D eigenvalue weighted by atomic mass is 10.4. The van der Waals surface area contributed by atoms with Gasteiger partial charge in [0.1, 0.15) is 0 Å². The van der Waals surface area contributed by atoms with Crippen molar-refractivity contribution in [3.05, 3.63) is 11.6 Å². The molecule has 0 bridgehead atoms. The highest BCUT2D eigenvalue weighted by Gasteiger charge is 2.09. The number of aliphatic carboxylic acids is 1. The van der Waals surface area contributed by atoms with Crippen molar-refractivity contribution in [3.63, 3.8) is 0 Å². The van der Waals surface area contributed by atoms with Crippen LogP contribution in [0.4, 0.5) is 0 Å². The summed E-state index contributed by atoms with van der Waals surface area (Å²) in [5.41, 5.74) is 0. The number of hydrogen-bond donors (Lipinski definition) is 1. The van der Waals surface area contributed by atoms with Crippen molar-refractivity contribution in [1.82, 2.24) is 0 Å². The second-order valence-electron chi connectivity index (χ2n) is 1.81. The number of carboxylic acid groups (broad SMARTS) is 1.